The fourth-order valence-electron chi connectivity index (χ4n) is 6.27. The van der Waals surface area contributed by atoms with Gasteiger partial charge in [0, 0.05) is 38.7 Å². The second kappa shape index (κ2) is 13.1. The van der Waals surface area contributed by atoms with Crippen molar-refractivity contribution in [3.8, 4) is 11.1 Å². The Balaban J connectivity index is 1.41. The minimum absolute atomic E-state index is 0.0897. The maximum absolute atomic E-state index is 6.66. The minimum Gasteiger partial charge on any atom is -0.311 e. The summed E-state index contributed by atoms with van der Waals surface area (Å²) < 4.78 is 0. The number of nitrogens with zero attached hydrogens (tertiary/aromatic N) is 2. The van der Waals surface area contributed by atoms with Crippen LogP contribution < -0.4 is 9.80 Å². The van der Waals surface area contributed by atoms with Crippen molar-refractivity contribution in [3.63, 3.8) is 0 Å². The normalized spacial score (nSPS) is 13.8. The van der Waals surface area contributed by atoms with Crippen molar-refractivity contribution in [2.24, 2.45) is 0 Å². The summed E-state index contributed by atoms with van der Waals surface area (Å²) in [6, 6.07) is 56.4. The molecule has 7 rings (SSSR count). The maximum atomic E-state index is 6.66. The molecule has 0 spiro atoms. The summed E-state index contributed by atoms with van der Waals surface area (Å²) in [6.45, 7) is 0. The molecule has 46 heavy (non-hydrogen) atoms. The van der Waals surface area contributed by atoms with Gasteiger partial charge in [-0.05, 0) is 89.5 Å². The van der Waals surface area contributed by atoms with Crippen molar-refractivity contribution in [3.05, 3.63) is 204 Å². The number of allylic oxidation sites excluding steroid dienone is 2. The lowest BCUT2D eigenvalue weighted by Crippen LogP contribution is -2.56. The monoisotopic (exact) mass is 634 g/mol. The molecule has 4 heteroatoms. The Labute approximate surface area is 281 Å². The highest BCUT2D eigenvalue weighted by atomic mass is 35.5. The molecule has 0 amide bonds. The van der Waals surface area contributed by atoms with E-state index in [1.165, 1.54) is 16.7 Å². The lowest BCUT2D eigenvalue weighted by Gasteiger charge is -2.51. The number of anilines is 4. The summed E-state index contributed by atoms with van der Waals surface area (Å²) in [5.41, 5.74) is 6.78. The van der Waals surface area contributed by atoms with E-state index in [-0.39, 0.29) is 5.92 Å². The SMILES string of the molecule is Clc1cccc(N(c2ccccc2)C2(N(c3ccccc3)c3cccc(Cl)c3)C=CC(c3ccc(-c4ccccc4)cc3)C=C2)c1. The molecule has 0 aromatic heterocycles. The molecule has 0 radical (unpaired) electrons. The van der Waals surface area contributed by atoms with Crippen LogP contribution in [0.3, 0.4) is 0 Å². The summed E-state index contributed by atoms with van der Waals surface area (Å²) in [5.74, 6) is 0.0897. The third-order valence-corrected chi connectivity index (χ3v) is 8.85. The summed E-state index contributed by atoms with van der Waals surface area (Å²) in [4.78, 5) is 4.68. The molecule has 0 bridgehead atoms. The van der Waals surface area contributed by atoms with Crippen molar-refractivity contribution < 1.29 is 0 Å². The van der Waals surface area contributed by atoms with E-state index in [1.807, 2.05) is 54.6 Å². The molecular formula is C42H32Cl2N2. The molecule has 6 aromatic rings. The van der Waals surface area contributed by atoms with E-state index in [1.54, 1.807) is 0 Å². The fourth-order valence-corrected chi connectivity index (χ4v) is 6.64. The molecule has 0 aliphatic heterocycles. The Hall–Kier alpha value is -5.02. The summed E-state index contributed by atoms with van der Waals surface area (Å²) in [7, 11) is 0. The van der Waals surface area contributed by atoms with Crippen LogP contribution in [-0.2, 0) is 0 Å². The van der Waals surface area contributed by atoms with Crippen LogP contribution in [0.25, 0.3) is 11.1 Å². The van der Waals surface area contributed by atoms with Gasteiger partial charge in [0.1, 0.15) is 0 Å². The van der Waals surface area contributed by atoms with Crippen LogP contribution in [-0.4, -0.2) is 5.66 Å². The first kappa shape index (κ1) is 29.7. The highest BCUT2D eigenvalue weighted by molar-refractivity contribution is 6.31. The van der Waals surface area contributed by atoms with Crippen molar-refractivity contribution in [1.82, 2.24) is 0 Å². The van der Waals surface area contributed by atoms with E-state index < -0.39 is 5.66 Å². The summed E-state index contributed by atoms with van der Waals surface area (Å²) in [5, 5.41) is 1.34. The van der Waals surface area contributed by atoms with Crippen molar-refractivity contribution >= 4 is 46.0 Å². The third kappa shape index (κ3) is 5.98. The molecule has 0 unspecified atom stereocenters. The standard InChI is InChI=1S/C42H32Cl2N2/c43-36-14-10-20-40(30-36)45(38-16-6-2-7-17-38)42(46(39-18-8-3-9-19-39)41-21-11-15-37(44)31-41)28-26-35(27-29-42)34-24-22-33(23-25-34)32-12-4-1-5-13-32/h1-31,35H. The molecule has 0 N–H and O–H groups in total. The largest absolute Gasteiger partial charge is 0.311 e. The van der Waals surface area contributed by atoms with Crippen LogP contribution in [0, 0.1) is 0 Å². The number of hydrogen-bond acceptors (Lipinski definition) is 2. The van der Waals surface area contributed by atoms with Crippen LogP contribution in [0.15, 0.2) is 188 Å². The first-order valence-corrected chi connectivity index (χ1v) is 16.1. The van der Waals surface area contributed by atoms with Crippen LogP contribution in [0.2, 0.25) is 10.0 Å². The van der Waals surface area contributed by atoms with Gasteiger partial charge in [-0.2, -0.15) is 0 Å². The molecule has 6 aromatic carbocycles. The van der Waals surface area contributed by atoms with E-state index in [0.717, 1.165) is 22.7 Å². The van der Waals surface area contributed by atoms with Gasteiger partial charge in [-0.25, -0.2) is 0 Å². The second-order valence-electron chi connectivity index (χ2n) is 11.3. The molecule has 0 atom stereocenters. The fraction of sp³-hybridized carbons (Fsp3) is 0.0476. The molecule has 0 heterocycles. The number of halogens is 2. The lowest BCUT2D eigenvalue weighted by molar-refractivity contribution is 0.625. The summed E-state index contributed by atoms with van der Waals surface area (Å²) >= 11 is 13.3. The van der Waals surface area contributed by atoms with E-state index in [2.05, 4.69) is 143 Å². The zero-order chi connectivity index (χ0) is 31.3. The predicted molar refractivity (Wildman–Crippen MR) is 196 cm³/mol. The Morgan fingerprint density at radius 2 is 0.826 bits per heavy atom. The van der Waals surface area contributed by atoms with Gasteiger partial charge in [-0.1, -0.05) is 138 Å². The number of benzene rings is 6. The quantitative estimate of drug-likeness (QED) is 0.121. The van der Waals surface area contributed by atoms with Gasteiger partial charge in [-0.15, -0.1) is 0 Å². The van der Waals surface area contributed by atoms with Gasteiger partial charge < -0.3 is 9.80 Å². The second-order valence-corrected chi connectivity index (χ2v) is 12.2. The van der Waals surface area contributed by atoms with Gasteiger partial charge in [0.25, 0.3) is 0 Å². The topological polar surface area (TPSA) is 6.48 Å². The highest BCUT2D eigenvalue weighted by Crippen LogP contribution is 2.46. The molecule has 0 fully saturated rings. The van der Waals surface area contributed by atoms with Crippen LogP contribution in [0.1, 0.15) is 11.5 Å². The summed E-state index contributed by atoms with van der Waals surface area (Å²) in [6.07, 6.45) is 9.23. The first-order valence-electron chi connectivity index (χ1n) is 15.4. The Morgan fingerprint density at radius 1 is 0.413 bits per heavy atom. The minimum atomic E-state index is -0.821. The maximum Gasteiger partial charge on any atom is 0.160 e. The average Bonchev–Trinajstić information content (AvgIpc) is 3.10. The van der Waals surface area contributed by atoms with Gasteiger partial charge >= 0.3 is 0 Å². The predicted octanol–water partition coefficient (Wildman–Crippen LogP) is 12.2. The molecular weight excluding hydrogens is 603 g/mol. The third-order valence-electron chi connectivity index (χ3n) is 8.38. The van der Waals surface area contributed by atoms with Gasteiger partial charge in [-0.3, -0.25) is 0 Å². The molecule has 224 valence electrons. The molecule has 1 aliphatic carbocycles. The number of hydrogen-bond donors (Lipinski definition) is 0. The average molecular weight is 636 g/mol. The lowest BCUT2D eigenvalue weighted by atomic mass is 9.87. The molecule has 0 saturated carbocycles. The molecule has 2 nitrogen and oxygen atoms in total. The Morgan fingerprint density at radius 3 is 1.28 bits per heavy atom. The Bertz CT molecular complexity index is 1870. The van der Waals surface area contributed by atoms with E-state index in [9.17, 15) is 0 Å². The van der Waals surface area contributed by atoms with Crippen LogP contribution in [0.5, 0.6) is 0 Å². The van der Waals surface area contributed by atoms with Crippen molar-refractivity contribution in [1.29, 1.82) is 0 Å². The van der Waals surface area contributed by atoms with Gasteiger partial charge in [0.2, 0.25) is 0 Å². The smallest absolute Gasteiger partial charge is 0.160 e. The van der Waals surface area contributed by atoms with E-state index in [4.69, 9.17) is 23.2 Å². The molecule has 1 aliphatic rings. The van der Waals surface area contributed by atoms with Crippen molar-refractivity contribution in [2.45, 2.75) is 11.6 Å². The van der Waals surface area contributed by atoms with Gasteiger partial charge in [0.05, 0.1) is 0 Å². The first-order chi connectivity index (χ1) is 22.6. The van der Waals surface area contributed by atoms with Crippen LogP contribution >= 0.6 is 23.2 Å². The molecule has 0 saturated heterocycles. The zero-order valence-electron chi connectivity index (χ0n) is 25.1. The Kier molecular flexibility index (Phi) is 8.48. The van der Waals surface area contributed by atoms with Gasteiger partial charge in [0.15, 0.2) is 5.66 Å². The van der Waals surface area contributed by atoms with E-state index in [0.29, 0.717) is 10.0 Å². The van der Waals surface area contributed by atoms with Crippen molar-refractivity contribution in [2.75, 3.05) is 9.80 Å². The highest BCUT2D eigenvalue weighted by Gasteiger charge is 2.42. The van der Waals surface area contributed by atoms with Crippen LogP contribution in [0.4, 0.5) is 22.7 Å². The zero-order valence-corrected chi connectivity index (χ0v) is 26.6. The number of para-hydroxylation sites is 2. The van der Waals surface area contributed by atoms with E-state index >= 15 is 0 Å². The number of rotatable bonds is 8.